The zero-order chi connectivity index (χ0) is 15.3. The normalized spacial score (nSPS) is 17.0. The van der Waals surface area contributed by atoms with Crippen LogP contribution in [0, 0.1) is 0 Å². The average molecular weight is 297 g/mol. The van der Waals surface area contributed by atoms with Crippen molar-refractivity contribution >= 4 is 5.69 Å². The molecular formula is C19H23NO2. The monoisotopic (exact) mass is 297 g/mol. The minimum Gasteiger partial charge on any atom is -0.489 e. The third-order valence-electron chi connectivity index (χ3n) is 4.14. The minimum absolute atomic E-state index is 0.550. The van der Waals surface area contributed by atoms with Crippen LogP contribution < -0.4 is 10.1 Å². The first kappa shape index (κ1) is 14.9. The van der Waals surface area contributed by atoms with Gasteiger partial charge in [0.15, 0.2) is 0 Å². The molecule has 0 unspecified atom stereocenters. The van der Waals surface area contributed by atoms with E-state index in [1.807, 2.05) is 54.6 Å². The van der Waals surface area contributed by atoms with E-state index in [-0.39, 0.29) is 0 Å². The van der Waals surface area contributed by atoms with Crippen molar-refractivity contribution in [3.8, 4) is 5.75 Å². The highest BCUT2D eigenvalue weighted by molar-refractivity contribution is 5.49. The van der Waals surface area contributed by atoms with E-state index in [1.54, 1.807) is 0 Å². The Bertz CT molecular complexity index is 591. The average Bonchev–Trinajstić information content (AvgIpc) is 2.54. The number of rotatable bonds is 5. The maximum Gasteiger partial charge on any atom is 0.135 e. The number of nitrogens with one attached hydrogen (secondary N) is 1. The maximum atomic E-state index is 10.6. The second kappa shape index (κ2) is 6.84. The second-order valence-electron chi connectivity index (χ2n) is 6.02. The fraction of sp³-hybridized carbons (Fsp3) is 0.368. The van der Waals surface area contributed by atoms with Crippen molar-refractivity contribution in [3.63, 3.8) is 0 Å². The lowest BCUT2D eigenvalue weighted by atomic mass is 9.91. The molecule has 2 N–H and O–H groups in total. The largest absolute Gasteiger partial charge is 0.489 e. The van der Waals surface area contributed by atoms with Crippen molar-refractivity contribution in [2.24, 2.45) is 0 Å². The molecule has 0 heterocycles. The first-order valence-electron chi connectivity index (χ1n) is 8.01. The molecule has 2 aromatic carbocycles. The molecule has 0 radical (unpaired) electrons. The molecular weight excluding hydrogens is 274 g/mol. The quantitative estimate of drug-likeness (QED) is 0.807. The first-order chi connectivity index (χ1) is 10.7. The summed E-state index contributed by atoms with van der Waals surface area (Å²) in [5, 5.41) is 13.8. The fourth-order valence-electron chi connectivity index (χ4n) is 2.93. The summed E-state index contributed by atoms with van der Waals surface area (Å²) in [7, 11) is 0. The van der Waals surface area contributed by atoms with Gasteiger partial charge in [-0.05, 0) is 43.4 Å². The Morgan fingerprint density at radius 1 is 0.955 bits per heavy atom. The van der Waals surface area contributed by atoms with E-state index in [1.165, 1.54) is 6.42 Å². The summed E-state index contributed by atoms with van der Waals surface area (Å²) in [6.45, 7) is 0.550. The number of anilines is 1. The number of hydrogen-bond donors (Lipinski definition) is 2. The fourth-order valence-corrected chi connectivity index (χ4v) is 2.93. The zero-order valence-electron chi connectivity index (χ0n) is 12.8. The third kappa shape index (κ3) is 4.01. The molecule has 0 spiro atoms. The Hall–Kier alpha value is -2.00. The molecule has 0 aromatic heterocycles. The van der Waals surface area contributed by atoms with Gasteiger partial charge < -0.3 is 15.2 Å². The molecule has 0 atom stereocenters. The van der Waals surface area contributed by atoms with Gasteiger partial charge in [-0.2, -0.15) is 0 Å². The molecule has 0 bridgehead atoms. The van der Waals surface area contributed by atoms with Crippen LogP contribution in [0.3, 0.4) is 0 Å². The molecule has 1 aliphatic rings. The molecule has 1 fully saturated rings. The van der Waals surface area contributed by atoms with Gasteiger partial charge in [-0.3, -0.25) is 0 Å². The van der Waals surface area contributed by atoms with Gasteiger partial charge in [0.2, 0.25) is 0 Å². The lowest BCUT2D eigenvalue weighted by Gasteiger charge is -2.33. The lowest BCUT2D eigenvalue weighted by molar-refractivity contribution is 0.0317. The Morgan fingerprint density at radius 2 is 1.73 bits per heavy atom. The van der Waals surface area contributed by atoms with Crippen molar-refractivity contribution < 1.29 is 9.84 Å². The van der Waals surface area contributed by atoms with Crippen LogP contribution in [-0.4, -0.2) is 10.8 Å². The molecule has 116 valence electrons. The van der Waals surface area contributed by atoms with Crippen molar-refractivity contribution in [1.82, 2.24) is 0 Å². The van der Waals surface area contributed by atoms with Crippen LogP contribution in [0.15, 0.2) is 54.6 Å². The summed E-state index contributed by atoms with van der Waals surface area (Å²) in [6.07, 6.45) is 4.98. The topological polar surface area (TPSA) is 41.5 Å². The predicted molar refractivity (Wildman–Crippen MR) is 88.9 cm³/mol. The van der Waals surface area contributed by atoms with Gasteiger partial charge in [0.25, 0.3) is 0 Å². The number of hydrogen-bond acceptors (Lipinski definition) is 3. The highest BCUT2D eigenvalue weighted by Gasteiger charge is 2.28. The summed E-state index contributed by atoms with van der Waals surface area (Å²) in [5.74, 6) is 0.813. The van der Waals surface area contributed by atoms with E-state index in [0.717, 1.165) is 42.7 Å². The minimum atomic E-state index is -0.768. The molecule has 3 nitrogen and oxygen atoms in total. The van der Waals surface area contributed by atoms with Gasteiger partial charge in [-0.1, -0.05) is 42.8 Å². The van der Waals surface area contributed by atoms with Crippen molar-refractivity contribution in [1.29, 1.82) is 0 Å². The molecule has 1 saturated carbocycles. The van der Waals surface area contributed by atoms with E-state index in [9.17, 15) is 5.11 Å². The summed E-state index contributed by atoms with van der Waals surface area (Å²) in [6, 6.07) is 17.9. The summed E-state index contributed by atoms with van der Waals surface area (Å²) in [5.41, 5.74) is 1.29. The molecule has 3 rings (SSSR count). The SMILES string of the molecule is OC1(Nc2cccc(OCc3ccccc3)c2)CCCCC1. The lowest BCUT2D eigenvalue weighted by Crippen LogP contribution is -2.39. The van der Waals surface area contributed by atoms with E-state index < -0.39 is 5.72 Å². The molecule has 0 amide bonds. The van der Waals surface area contributed by atoms with Gasteiger partial charge in [0, 0.05) is 11.8 Å². The molecule has 22 heavy (non-hydrogen) atoms. The van der Waals surface area contributed by atoms with E-state index in [4.69, 9.17) is 4.74 Å². The summed E-state index contributed by atoms with van der Waals surface area (Å²) in [4.78, 5) is 0. The second-order valence-corrected chi connectivity index (χ2v) is 6.02. The smallest absolute Gasteiger partial charge is 0.135 e. The molecule has 2 aromatic rings. The molecule has 3 heteroatoms. The highest BCUT2D eigenvalue weighted by Crippen LogP contribution is 2.30. The molecule has 0 saturated heterocycles. The Kier molecular flexibility index (Phi) is 4.64. The van der Waals surface area contributed by atoms with Crippen LogP contribution >= 0.6 is 0 Å². The predicted octanol–water partition coefficient (Wildman–Crippen LogP) is 4.33. The van der Waals surface area contributed by atoms with E-state index in [0.29, 0.717) is 6.61 Å². The van der Waals surface area contributed by atoms with Gasteiger partial charge in [-0.15, -0.1) is 0 Å². The van der Waals surface area contributed by atoms with Crippen molar-refractivity contribution in [2.75, 3.05) is 5.32 Å². The van der Waals surface area contributed by atoms with E-state index >= 15 is 0 Å². The van der Waals surface area contributed by atoms with Gasteiger partial charge in [0.1, 0.15) is 18.1 Å². The molecule has 0 aliphatic heterocycles. The summed E-state index contributed by atoms with van der Waals surface area (Å²) >= 11 is 0. The third-order valence-corrected chi connectivity index (χ3v) is 4.14. The Labute approximate surface area is 131 Å². The maximum absolute atomic E-state index is 10.6. The summed E-state index contributed by atoms with van der Waals surface area (Å²) < 4.78 is 5.83. The highest BCUT2D eigenvalue weighted by atomic mass is 16.5. The van der Waals surface area contributed by atoms with Crippen LogP contribution in [0.4, 0.5) is 5.69 Å². The van der Waals surface area contributed by atoms with Gasteiger partial charge in [0.05, 0.1) is 0 Å². The van der Waals surface area contributed by atoms with Crippen molar-refractivity contribution in [2.45, 2.75) is 44.4 Å². The van der Waals surface area contributed by atoms with Crippen LogP contribution in [-0.2, 0) is 6.61 Å². The number of aliphatic hydroxyl groups is 1. The van der Waals surface area contributed by atoms with Crippen molar-refractivity contribution in [3.05, 3.63) is 60.2 Å². The van der Waals surface area contributed by atoms with Crippen LogP contribution in [0.1, 0.15) is 37.7 Å². The van der Waals surface area contributed by atoms with Crippen LogP contribution in [0.5, 0.6) is 5.75 Å². The zero-order valence-corrected chi connectivity index (χ0v) is 12.8. The van der Waals surface area contributed by atoms with E-state index in [2.05, 4.69) is 5.32 Å². The Morgan fingerprint density at radius 3 is 2.50 bits per heavy atom. The van der Waals surface area contributed by atoms with Crippen LogP contribution in [0.2, 0.25) is 0 Å². The first-order valence-corrected chi connectivity index (χ1v) is 8.01. The standard InChI is InChI=1S/C19H23NO2/c21-19(12-5-2-6-13-19)20-17-10-7-11-18(14-17)22-15-16-8-3-1-4-9-16/h1,3-4,7-11,14,20-21H,2,5-6,12-13,15H2. The number of benzene rings is 2. The van der Waals surface area contributed by atoms with Gasteiger partial charge >= 0.3 is 0 Å². The van der Waals surface area contributed by atoms with Gasteiger partial charge in [-0.25, -0.2) is 0 Å². The van der Waals surface area contributed by atoms with Crippen LogP contribution in [0.25, 0.3) is 0 Å². The molecule has 1 aliphatic carbocycles. The Balaban J connectivity index is 1.62. The number of ether oxygens (including phenoxy) is 1.